The standard InChI is InChI=1S/C15H17FN4/c1-15(2,3)14-19-12(13(18)20(14)4)9-5-6-11(16)10(7-9)8-17/h5-7H,18H2,1-4H3. The van der Waals surface area contributed by atoms with Gasteiger partial charge in [0, 0.05) is 18.0 Å². The fourth-order valence-corrected chi connectivity index (χ4v) is 2.15. The van der Waals surface area contributed by atoms with Crippen molar-refractivity contribution in [3.63, 3.8) is 0 Å². The molecule has 0 aliphatic carbocycles. The van der Waals surface area contributed by atoms with Crippen molar-refractivity contribution >= 4 is 5.82 Å². The lowest BCUT2D eigenvalue weighted by Gasteiger charge is -2.17. The first kappa shape index (κ1) is 14.1. The molecule has 0 radical (unpaired) electrons. The number of anilines is 1. The zero-order valence-corrected chi connectivity index (χ0v) is 12.0. The highest BCUT2D eigenvalue weighted by molar-refractivity contribution is 5.72. The third kappa shape index (κ3) is 2.25. The van der Waals surface area contributed by atoms with Crippen LogP contribution < -0.4 is 5.73 Å². The van der Waals surface area contributed by atoms with Gasteiger partial charge in [-0.3, -0.25) is 0 Å². The van der Waals surface area contributed by atoms with E-state index >= 15 is 0 Å². The normalized spacial score (nSPS) is 11.4. The molecule has 0 aliphatic rings. The summed E-state index contributed by atoms with van der Waals surface area (Å²) in [5.74, 6) is 0.806. The zero-order valence-electron chi connectivity index (χ0n) is 12.0. The van der Waals surface area contributed by atoms with Crippen LogP contribution in [0, 0.1) is 17.1 Å². The molecule has 0 bridgehead atoms. The summed E-state index contributed by atoms with van der Waals surface area (Å²) >= 11 is 0. The first-order valence-electron chi connectivity index (χ1n) is 6.28. The maximum Gasteiger partial charge on any atom is 0.140 e. The molecule has 0 atom stereocenters. The average Bonchev–Trinajstić information content (AvgIpc) is 2.67. The van der Waals surface area contributed by atoms with Crippen LogP contribution in [-0.4, -0.2) is 9.55 Å². The van der Waals surface area contributed by atoms with Crippen LogP contribution in [0.4, 0.5) is 10.2 Å². The van der Waals surface area contributed by atoms with Crippen molar-refractivity contribution in [3.05, 3.63) is 35.4 Å². The number of imidazole rings is 1. The summed E-state index contributed by atoms with van der Waals surface area (Å²) in [6, 6.07) is 6.15. The summed E-state index contributed by atoms with van der Waals surface area (Å²) in [7, 11) is 1.85. The number of rotatable bonds is 1. The van der Waals surface area contributed by atoms with E-state index in [0.29, 0.717) is 17.1 Å². The first-order valence-corrected chi connectivity index (χ1v) is 6.28. The van der Waals surface area contributed by atoms with Crippen molar-refractivity contribution in [1.29, 1.82) is 5.26 Å². The highest BCUT2D eigenvalue weighted by Gasteiger charge is 2.24. The van der Waals surface area contributed by atoms with Crippen LogP contribution >= 0.6 is 0 Å². The largest absolute Gasteiger partial charge is 0.383 e. The fourth-order valence-electron chi connectivity index (χ4n) is 2.15. The van der Waals surface area contributed by atoms with Gasteiger partial charge < -0.3 is 10.3 Å². The van der Waals surface area contributed by atoms with E-state index in [1.165, 1.54) is 12.1 Å². The van der Waals surface area contributed by atoms with E-state index in [0.717, 1.165) is 5.82 Å². The molecule has 20 heavy (non-hydrogen) atoms. The predicted molar refractivity (Wildman–Crippen MR) is 76.4 cm³/mol. The molecule has 0 fully saturated rings. The van der Waals surface area contributed by atoms with Gasteiger partial charge in [0.15, 0.2) is 0 Å². The van der Waals surface area contributed by atoms with Gasteiger partial charge in [0.1, 0.15) is 29.2 Å². The van der Waals surface area contributed by atoms with Gasteiger partial charge in [-0.25, -0.2) is 9.37 Å². The van der Waals surface area contributed by atoms with Crippen LogP contribution in [0.5, 0.6) is 0 Å². The summed E-state index contributed by atoms with van der Waals surface area (Å²) in [6.45, 7) is 6.14. The molecule has 2 rings (SSSR count). The molecule has 0 saturated carbocycles. The predicted octanol–water partition coefficient (Wildman–Crippen LogP) is 2.98. The number of hydrogen-bond donors (Lipinski definition) is 1. The van der Waals surface area contributed by atoms with Crippen molar-refractivity contribution in [2.24, 2.45) is 7.05 Å². The maximum atomic E-state index is 13.4. The van der Waals surface area contributed by atoms with E-state index in [1.54, 1.807) is 6.07 Å². The molecule has 0 amide bonds. The Morgan fingerprint density at radius 2 is 2.00 bits per heavy atom. The molecule has 2 aromatic rings. The highest BCUT2D eigenvalue weighted by Crippen LogP contribution is 2.31. The number of benzene rings is 1. The summed E-state index contributed by atoms with van der Waals surface area (Å²) in [5.41, 5.74) is 7.15. The van der Waals surface area contributed by atoms with E-state index in [2.05, 4.69) is 4.98 Å². The van der Waals surface area contributed by atoms with Gasteiger partial charge in [0.2, 0.25) is 0 Å². The molecule has 0 unspecified atom stereocenters. The van der Waals surface area contributed by atoms with Crippen LogP contribution in [0.1, 0.15) is 32.2 Å². The molecule has 4 nitrogen and oxygen atoms in total. The second-order valence-electron chi connectivity index (χ2n) is 5.78. The van der Waals surface area contributed by atoms with E-state index < -0.39 is 5.82 Å². The van der Waals surface area contributed by atoms with Gasteiger partial charge in [0.05, 0.1) is 5.56 Å². The number of halogens is 1. The van der Waals surface area contributed by atoms with Crippen LogP contribution in [0.2, 0.25) is 0 Å². The van der Waals surface area contributed by atoms with E-state index in [1.807, 2.05) is 38.5 Å². The summed E-state index contributed by atoms with van der Waals surface area (Å²) < 4.78 is 15.2. The van der Waals surface area contributed by atoms with Gasteiger partial charge >= 0.3 is 0 Å². The van der Waals surface area contributed by atoms with Crippen LogP contribution in [0.25, 0.3) is 11.3 Å². The minimum atomic E-state index is -0.540. The monoisotopic (exact) mass is 272 g/mol. The van der Waals surface area contributed by atoms with Gasteiger partial charge in [-0.1, -0.05) is 20.8 Å². The Bertz CT molecular complexity index is 702. The molecule has 0 aliphatic heterocycles. The Balaban J connectivity index is 2.63. The van der Waals surface area contributed by atoms with E-state index in [9.17, 15) is 4.39 Å². The lowest BCUT2D eigenvalue weighted by Crippen LogP contribution is -2.17. The molecule has 104 valence electrons. The Morgan fingerprint density at radius 1 is 1.35 bits per heavy atom. The molecular weight excluding hydrogens is 255 g/mol. The molecule has 1 aromatic heterocycles. The van der Waals surface area contributed by atoms with Crippen LogP contribution in [-0.2, 0) is 12.5 Å². The second kappa shape index (κ2) is 4.64. The minimum Gasteiger partial charge on any atom is -0.383 e. The molecule has 1 heterocycles. The van der Waals surface area contributed by atoms with Crippen LogP contribution in [0.3, 0.4) is 0 Å². The quantitative estimate of drug-likeness (QED) is 0.867. The average molecular weight is 272 g/mol. The molecule has 5 heteroatoms. The number of aromatic nitrogens is 2. The first-order chi connectivity index (χ1) is 9.25. The van der Waals surface area contributed by atoms with Gasteiger partial charge in [-0.2, -0.15) is 5.26 Å². The Morgan fingerprint density at radius 3 is 2.50 bits per heavy atom. The third-order valence-electron chi connectivity index (χ3n) is 3.17. The van der Waals surface area contributed by atoms with Gasteiger partial charge in [0.25, 0.3) is 0 Å². The third-order valence-corrected chi connectivity index (χ3v) is 3.17. The van der Waals surface area contributed by atoms with Crippen molar-refractivity contribution in [2.75, 3.05) is 5.73 Å². The van der Waals surface area contributed by atoms with Gasteiger partial charge in [-0.15, -0.1) is 0 Å². The van der Waals surface area contributed by atoms with E-state index in [4.69, 9.17) is 11.0 Å². The smallest absolute Gasteiger partial charge is 0.140 e. The van der Waals surface area contributed by atoms with E-state index in [-0.39, 0.29) is 11.0 Å². The summed E-state index contributed by atoms with van der Waals surface area (Å²) in [6.07, 6.45) is 0. The molecule has 0 saturated heterocycles. The molecule has 0 spiro atoms. The molecular formula is C15H17FN4. The van der Waals surface area contributed by atoms with Crippen LogP contribution in [0.15, 0.2) is 18.2 Å². The van der Waals surface area contributed by atoms with Crippen molar-refractivity contribution < 1.29 is 4.39 Å². The topological polar surface area (TPSA) is 67.6 Å². The lowest BCUT2D eigenvalue weighted by molar-refractivity contribution is 0.524. The zero-order chi connectivity index (χ0) is 15.1. The number of nitrogen functional groups attached to an aromatic ring is 1. The highest BCUT2D eigenvalue weighted by atomic mass is 19.1. The number of nitrogens with two attached hydrogens (primary N) is 1. The SMILES string of the molecule is Cn1c(C(C)(C)C)nc(-c2ccc(F)c(C#N)c2)c1N. The minimum absolute atomic E-state index is 0.00939. The van der Waals surface area contributed by atoms with Crippen molar-refractivity contribution in [3.8, 4) is 17.3 Å². The van der Waals surface area contributed by atoms with Crippen molar-refractivity contribution in [2.45, 2.75) is 26.2 Å². The van der Waals surface area contributed by atoms with Crippen molar-refractivity contribution in [1.82, 2.24) is 9.55 Å². The lowest BCUT2D eigenvalue weighted by atomic mass is 9.96. The molecule has 2 N–H and O–H groups in total. The summed E-state index contributed by atoms with van der Waals surface area (Å²) in [4.78, 5) is 4.56. The Hall–Kier alpha value is -2.35. The fraction of sp³-hybridized carbons (Fsp3) is 0.333. The molecule has 1 aromatic carbocycles. The summed E-state index contributed by atoms with van der Waals surface area (Å²) in [5, 5.41) is 8.90. The number of nitrogens with zero attached hydrogens (tertiary/aromatic N) is 3. The second-order valence-corrected chi connectivity index (χ2v) is 5.78. The Labute approximate surface area is 117 Å². The number of nitriles is 1. The van der Waals surface area contributed by atoms with Gasteiger partial charge in [-0.05, 0) is 18.2 Å². The maximum absolute atomic E-state index is 13.4. The Kier molecular flexibility index (Phi) is 3.26. The number of hydrogen-bond acceptors (Lipinski definition) is 3.